The quantitative estimate of drug-likeness (QED) is 0.703. The molecule has 14 heavy (non-hydrogen) atoms. The van der Waals surface area contributed by atoms with Gasteiger partial charge in [0.25, 0.3) is 0 Å². The highest BCUT2D eigenvalue weighted by Crippen LogP contribution is 2.24. The SMILES string of the molecule is Cc1ncc(N)c(-c2cn[nH]c2C)n1. The van der Waals surface area contributed by atoms with Crippen LogP contribution in [-0.2, 0) is 0 Å². The number of nitrogen functional groups attached to an aromatic ring is 1. The fraction of sp³-hybridized carbons (Fsp3) is 0.222. The van der Waals surface area contributed by atoms with Crippen LogP contribution in [0.15, 0.2) is 12.4 Å². The van der Waals surface area contributed by atoms with Crippen molar-refractivity contribution in [2.24, 2.45) is 0 Å². The van der Waals surface area contributed by atoms with Crippen molar-refractivity contribution in [1.29, 1.82) is 0 Å². The summed E-state index contributed by atoms with van der Waals surface area (Å²) in [6.45, 7) is 3.76. The third kappa shape index (κ3) is 1.32. The average Bonchev–Trinajstić information content (AvgIpc) is 2.56. The molecule has 0 saturated heterocycles. The molecule has 5 nitrogen and oxygen atoms in total. The lowest BCUT2D eigenvalue weighted by molar-refractivity contribution is 1.04. The first-order chi connectivity index (χ1) is 6.68. The van der Waals surface area contributed by atoms with E-state index in [-0.39, 0.29) is 0 Å². The smallest absolute Gasteiger partial charge is 0.126 e. The highest BCUT2D eigenvalue weighted by molar-refractivity contribution is 5.72. The maximum Gasteiger partial charge on any atom is 0.126 e. The minimum atomic E-state index is 0.570. The summed E-state index contributed by atoms with van der Waals surface area (Å²) in [5.41, 5.74) is 8.97. The van der Waals surface area contributed by atoms with E-state index in [1.165, 1.54) is 0 Å². The lowest BCUT2D eigenvalue weighted by Gasteiger charge is -2.03. The maximum absolute atomic E-state index is 5.78. The number of aromatic amines is 1. The number of aromatic nitrogens is 4. The number of nitrogens with one attached hydrogen (secondary N) is 1. The molecule has 2 aromatic heterocycles. The molecule has 2 aromatic rings. The van der Waals surface area contributed by atoms with Gasteiger partial charge in [-0.05, 0) is 13.8 Å². The number of nitrogens with zero attached hydrogens (tertiary/aromatic N) is 3. The Hall–Kier alpha value is -1.91. The van der Waals surface area contributed by atoms with Gasteiger partial charge in [0.2, 0.25) is 0 Å². The van der Waals surface area contributed by atoms with E-state index >= 15 is 0 Å². The zero-order valence-electron chi connectivity index (χ0n) is 8.07. The van der Waals surface area contributed by atoms with Crippen LogP contribution in [0.25, 0.3) is 11.3 Å². The van der Waals surface area contributed by atoms with Crippen LogP contribution in [0.2, 0.25) is 0 Å². The van der Waals surface area contributed by atoms with E-state index in [2.05, 4.69) is 20.2 Å². The van der Waals surface area contributed by atoms with Gasteiger partial charge < -0.3 is 5.73 Å². The Morgan fingerprint density at radius 3 is 2.71 bits per heavy atom. The van der Waals surface area contributed by atoms with Gasteiger partial charge in [-0.1, -0.05) is 0 Å². The van der Waals surface area contributed by atoms with Crippen LogP contribution < -0.4 is 5.73 Å². The predicted octanol–water partition coefficient (Wildman–Crippen LogP) is 1.07. The van der Waals surface area contributed by atoms with E-state index in [1.54, 1.807) is 12.4 Å². The van der Waals surface area contributed by atoms with Crippen LogP contribution in [0.4, 0.5) is 5.69 Å². The first-order valence-corrected chi connectivity index (χ1v) is 4.28. The molecular weight excluding hydrogens is 178 g/mol. The summed E-state index contributed by atoms with van der Waals surface area (Å²) in [4.78, 5) is 8.29. The summed E-state index contributed by atoms with van der Waals surface area (Å²) in [5, 5.41) is 6.78. The van der Waals surface area contributed by atoms with Crippen LogP contribution in [0.1, 0.15) is 11.5 Å². The van der Waals surface area contributed by atoms with Crippen LogP contribution in [0, 0.1) is 13.8 Å². The summed E-state index contributed by atoms with van der Waals surface area (Å²) < 4.78 is 0. The van der Waals surface area contributed by atoms with Crippen molar-refractivity contribution in [2.45, 2.75) is 13.8 Å². The van der Waals surface area contributed by atoms with Gasteiger partial charge in [0.05, 0.1) is 18.1 Å². The van der Waals surface area contributed by atoms with Gasteiger partial charge >= 0.3 is 0 Å². The van der Waals surface area contributed by atoms with Crippen LogP contribution in [-0.4, -0.2) is 20.2 Å². The maximum atomic E-state index is 5.78. The Balaban J connectivity index is 2.62. The van der Waals surface area contributed by atoms with Crippen LogP contribution >= 0.6 is 0 Å². The molecule has 0 atom stereocenters. The molecular formula is C9H11N5. The molecule has 2 rings (SSSR count). The number of hydrogen-bond acceptors (Lipinski definition) is 4. The van der Waals surface area contributed by atoms with Crippen molar-refractivity contribution in [1.82, 2.24) is 20.2 Å². The molecule has 0 amide bonds. The predicted molar refractivity (Wildman–Crippen MR) is 53.5 cm³/mol. The molecule has 0 aromatic carbocycles. The molecule has 0 radical (unpaired) electrons. The molecule has 0 unspecified atom stereocenters. The minimum absolute atomic E-state index is 0.570. The number of aryl methyl sites for hydroxylation is 2. The summed E-state index contributed by atoms with van der Waals surface area (Å²) in [6, 6.07) is 0. The van der Waals surface area contributed by atoms with E-state index in [4.69, 9.17) is 5.73 Å². The zero-order chi connectivity index (χ0) is 10.1. The lowest BCUT2D eigenvalue weighted by Crippen LogP contribution is -1.97. The largest absolute Gasteiger partial charge is 0.396 e. The summed E-state index contributed by atoms with van der Waals surface area (Å²) >= 11 is 0. The molecule has 0 saturated carbocycles. The Kier molecular flexibility index (Phi) is 1.92. The zero-order valence-corrected chi connectivity index (χ0v) is 8.07. The third-order valence-corrected chi connectivity index (χ3v) is 2.02. The number of rotatable bonds is 1. The Bertz CT molecular complexity index is 460. The first-order valence-electron chi connectivity index (χ1n) is 4.28. The number of H-pyrrole nitrogens is 1. The standard InChI is InChI=1S/C9H11N5/c1-5-7(3-12-14-5)9-8(10)4-11-6(2)13-9/h3-4H,10H2,1-2H3,(H,12,14). The van der Waals surface area contributed by atoms with Crippen LogP contribution in [0.5, 0.6) is 0 Å². The Labute approximate surface area is 81.4 Å². The van der Waals surface area contributed by atoms with Crippen molar-refractivity contribution in [3.8, 4) is 11.3 Å². The highest BCUT2D eigenvalue weighted by atomic mass is 15.1. The van der Waals surface area contributed by atoms with Gasteiger partial charge in [0.1, 0.15) is 11.5 Å². The summed E-state index contributed by atoms with van der Waals surface area (Å²) in [7, 11) is 0. The van der Waals surface area contributed by atoms with Crippen molar-refractivity contribution in [3.05, 3.63) is 23.9 Å². The van der Waals surface area contributed by atoms with Crippen LogP contribution in [0.3, 0.4) is 0 Å². The molecule has 72 valence electrons. The van der Waals surface area contributed by atoms with Gasteiger partial charge in [-0.3, -0.25) is 5.10 Å². The molecule has 0 aliphatic carbocycles. The van der Waals surface area contributed by atoms with E-state index in [1.807, 2.05) is 13.8 Å². The summed E-state index contributed by atoms with van der Waals surface area (Å²) in [5.74, 6) is 0.704. The number of nitrogens with two attached hydrogens (primary N) is 1. The van der Waals surface area contributed by atoms with Gasteiger partial charge in [-0.2, -0.15) is 5.10 Å². The molecule has 3 N–H and O–H groups in total. The molecule has 5 heteroatoms. The first kappa shape index (κ1) is 8.68. The fourth-order valence-corrected chi connectivity index (χ4v) is 1.28. The van der Waals surface area contributed by atoms with E-state index in [9.17, 15) is 0 Å². The third-order valence-electron chi connectivity index (χ3n) is 2.02. The monoisotopic (exact) mass is 189 g/mol. The highest BCUT2D eigenvalue weighted by Gasteiger charge is 2.09. The van der Waals surface area contributed by atoms with E-state index in [0.717, 1.165) is 17.0 Å². The number of anilines is 1. The molecule has 0 aliphatic rings. The van der Waals surface area contributed by atoms with Gasteiger partial charge in [-0.15, -0.1) is 0 Å². The van der Waals surface area contributed by atoms with E-state index < -0.39 is 0 Å². The Morgan fingerprint density at radius 1 is 1.29 bits per heavy atom. The fourth-order valence-electron chi connectivity index (χ4n) is 1.28. The minimum Gasteiger partial charge on any atom is -0.396 e. The second-order valence-electron chi connectivity index (χ2n) is 3.13. The average molecular weight is 189 g/mol. The summed E-state index contributed by atoms with van der Waals surface area (Å²) in [6.07, 6.45) is 3.33. The topological polar surface area (TPSA) is 80.5 Å². The lowest BCUT2D eigenvalue weighted by atomic mass is 10.1. The molecule has 2 heterocycles. The Morgan fingerprint density at radius 2 is 2.07 bits per heavy atom. The van der Waals surface area contributed by atoms with E-state index in [0.29, 0.717) is 11.5 Å². The van der Waals surface area contributed by atoms with Crippen molar-refractivity contribution in [2.75, 3.05) is 5.73 Å². The second kappa shape index (κ2) is 3.10. The molecule has 0 spiro atoms. The van der Waals surface area contributed by atoms with Crippen molar-refractivity contribution >= 4 is 5.69 Å². The van der Waals surface area contributed by atoms with Gasteiger partial charge in [0.15, 0.2) is 0 Å². The number of hydrogen-bond donors (Lipinski definition) is 2. The molecule has 0 aliphatic heterocycles. The second-order valence-corrected chi connectivity index (χ2v) is 3.13. The van der Waals surface area contributed by atoms with Gasteiger partial charge in [0, 0.05) is 11.3 Å². The molecule has 0 bridgehead atoms. The normalized spacial score (nSPS) is 10.4. The van der Waals surface area contributed by atoms with Crippen molar-refractivity contribution in [3.63, 3.8) is 0 Å². The van der Waals surface area contributed by atoms with Gasteiger partial charge in [-0.25, -0.2) is 9.97 Å². The molecule has 0 fully saturated rings. The van der Waals surface area contributed by atoms with Crippen molar-refractivity contribution < 1.29 is 0 Å².